The number of carbonyl (C=O) groups is 1. The van der Waals surface area contributed by atoms with Crippen LogP contribution in [0, 0.1) is 24.7 Å². The summed E-state index contributed by atoms with van der Waals surface area (Å²) < 4.78 is 26.6. The van der Waals surface area contributed by atoms with Gasteiger partial charge >= 0.3 is 0 Å². The van der Waals surface area contributed by atoms with Gasteiger partial charge in [0.25, 0.3) is 10.0 Å². The van der Waals surface area contributed by atoms with Gasteiger partial charge in [0.15, 0.2) is 0 Å². The molecule has 19 heavy (non-hydrogen) atoms. The normalized spacial score (nSPS) is 29.6. The molecular formula is C13H17NO3S2. The Hall–Kier alpha value is -0.880. The van der Waals surface area contributed by atoms with Crippen LogP contribution in [-0.2, 0) is 14.8 Å². The highest BCUT2D eigenvalue weighted by molar-refractivity contribution is 7.92. The second-order valence-corrected chi connectivity index (χ2v) is 8.80. The lowest BCUT2D eigenvalue weighted by atomic mass is 9.89. The maximum Gasteiger partial charge on any atom is 0.273 e. The van der Waals surface area contributed by atoms with Crippen LogP contribution in [0.2, 0.25) is 0 Å². The Bertz CT molecular complexity index is 605. The van der Waals surface area contributed by atoms with Crippen molar-refractivity contribution in [2.75, 3.05) is 0 Å². The van der Waals surface area contributed by atoms with Gasteiger partial charge in [-0.15, -0.1) is 11.3 Å². The molecule has 2 fully saturated rings. The summed E-state index contributed by atoms with van der Waals surface area (Å²) in [4.78, 5) is 13.0. The SMILES string of the molecule is Cc1ccc(S(=O)(=O)NC(=O)C2CCC3CC3C2)s1. The molecule has 0 bridgehead atoms. The van der Waals surface area contributed by atoms with Gasteiger partial charge in [-0.05, 0) is 56.6 Å². The first-order valence-electron chi connectivity index (χ1n) is 6.59. The van der Waals surface area contributed by atoms with Crippen LogP contribution in [-0.4, -0.2) is 14.3 Å². The highest BCUT2D eigenvalue weighted by atomic mass is 32.2. The average molecular weight is 299 g/mol. The molecule has 0 aromatic carbocycles. The minimum Gasteiger partial charge on any atom is -0.274 e. The Morgan fingerprint density at radius 2 is 2.05 bits per heavy atom. The predicted octanol–water partition coefficient (Wildman–Crippen LogP) is 2.30. The first-order valence-corrected chi connectivity index (χ1v) is 8.89. The van der Waals surface area contributed by atoms with Crippen molar-refractivity contribution in [2.45, 2.75) is 36.8 Å². The minimum atomic E-state index is -3.67. The molecule has 2 aliphatic rings. The Morgan fingerprint density at radius 1 is 1.26 bits per heavy atom. The molecule has 3 rings (SSSR count). The molecule has 1 aromatic heterocycles. The van der Waals surface area contributed by atoms with Crippen LogP contribution in [0.15, 0.2) is 16.3 Å². The van der Waals surface area contributed by atoms with Gasteiger partial charge in [-0.1, -0.05) is 0 Å². The number of nitrogens with one attached hydrogen (secondary N) is 1. The molecule has 0 radical (unpaired) electrons. The van der Waals surface area contributed by atoms with E-state index in [9.17, 15) is 13.2 Å². The van der Waals surface area contributed by atoms with Crippen LogP contribution in [0.3, 0.4) is 0 Å². The van der Waals surface area contributed by atoms with E-state index in [4.69, 9.17) is 0 Å². The molecule has 3 atom stereocenters. The van der Waals surface area contributed by atoms with Crippen LogP contribution in [0.1, 0.15) is 30.6 Å². The van der Waals surface area contributed by atoms with Crippen LogP contribution < -0.4 is 4.72 Å². The monoisotopic (exact) mass is 299 g/mol. The van der Waals surface area contributed by atoms with Crippen LogP contribution in [0.25, 0.3) is 0 Å². The zero-order valence-corrected chi connectivity index (χ0v) is 12.4. The molecule has 0 saturated heterocycles. The van der Waals surface area contributed by atoms with E-state index in [2.05, 4.69) is 4.72 Å². The van der Waals surface area contributed by atoms with E-state index < -0.39 is 10.0 Å². The highest BCUT2D eigenvalue weighted by Gasteiger charge is 2.44. The molecule has 104 valence electrons. The van der Waals surface area contributed by atoms with Crippen molar-refractivity contribution in [3.05, 3.63) is 17.0 Å². The average Bonchev–Trinajstić information content (AvgIpc) is 2.99. The lowest BCUT2D eigenvalue weighted by Gasteiger charge is -2.20. The van der Waals surface area contributed by atoms with E-state index in [1.165, 1.54) is 17.8 Å². The largest absolute Gasteiger partial charge is 0.274 e. The number of rotatable bonds is 3. The number of aryl methyl sites for hydroxylation is 1. The van der Waals surface area contributed by atoms with Gasteiger partial charge in [0.1, 0.15) is 4.21 Å². The Balaban J connectivity index is 1.68. The number of hydrogen-bond acceptors (Lipinski definition) is 4. The molecule has 0 aliphatic heterocycles. The Morgan fingerprint density at radius 3 is 2.68 bits per heavy atom. The van der Waals surface area contributed by atoms with Crippen molar-refractivity contribution < 1.29 is 13.2 Å². The lowest BCUT2D eigenvalue weighted by molar-refractivity contribution is -0.124. The van der Waals surface area contributed by atoms with E-state index in [0.717, 1.165) is 30.1 Å². The molecular weight excluding hydrogens is 282 g/mol. The summed E-state index contributed by atoms with van der Waals surface area (Å²) >= 11 is 1.19. The molecule has 2 aliphatic carbocycles. The second-order valence-electron chi connectivity index (χ2n) is 5.60. The first kappa shape index (κ1) is 13.1. The van der Waals surface area contributed by atoms with Gasteiger partial charge in [0, 0.05) is 10.8 Å². The summed E-state index contributed by atoms with van der Waals surface area (Å²) in [6.07, 6.45) is 3.98. The lowest BCUT2D eigenvalue weighted by Crippen LogP contribution is -2.36. The van der Waals surface area contributed by atoms with Crippen molar-refractivity contribution in [3.63, 3.8) is 0 Å². The fraction of sp³-hybridized carbons (Fsp3) is 0.615. The van der Waals surface area contributed by atoms with Crippen molar-refractivity contribution in [1.82, 2.24) is 4.72 Å². The summed E-state index contributed by atoms with van der Waals surface area (Å²) in [6.45, 7) is 1.85. The molecule has 1 N–H and O–H groups in total. The van der Waals surface area contributed by atoms with Gasteiger partial charge in [0.05, 0.1) is 0 Å². The number of amides is 1. The molecule has 3 unspecified atom stereocenters. The van der Waals surface area contributed by atoms with Crippen molar-refractivity contribution in [2.24, 2.45) is 17.8 Å². The zero-order valence-electron chi connectivity index (χ0n) is 10.8. The van der Waals surface area contributed by atoms with Crippen molar-refractivity contribution >= 4 is 27.3 Å². The maximum atomic E-state index is 12.1. The summed E-state index contributed by atoms with van der Waals surface area (Å²) in [7, 11) is -3.67. The molecule has 1 aromatic rings. The second kappa shape index (κ2) is 4.59. The van der Waals surface area contributed by atoms with Gasteiger partial charge in [-0.25, -0.2) is 13.1 Å². The number of thiophene rings is 1. The number of sulfonamides is 1. The molecule has 6 heteroatoms. The smallest absolute Gasteiger partial charge is 0.273 e. The summed E-state index contributed by atoms with van der Waals surface area (Å²) in [5.74, 6) is 1.02. The molecule has 1 amide bonds. The van der Waals surface area contributed by atoms with Crippen LogP contribution in [0.5, 0.6) is 0 Å². The van der Waals surface area contributed by atoms with Crippen molar-refractivity contribution in [3.8, 4) is 0 Å². The van der Waals surface area contributed by atoms with E-state index in [0.29, 0.717) is 5.92 Å². The molecule has 4 nitrogen and oxygen atoms in total. The fourth-order valence-electron chi connectivity index (χ4n) is 2.91. The van der Waals surface area contributed by atoms with Gasteiger partial charge in [0.2, 0.25) is 5.91 Å². The quantitative estimate of drug-likeness (QED) is 0.931. The Labute approximate surface area is 117 Å². The van der Waals surface area contributed by atoms with Gasteiger partial charge < -0.3 is 0 Å². The molecule has 0 spiro atoms. The maximum absolute atomic E-state index is 12.1. The highest BCUT2D eigenvalue weighted by Crippen LogP contribution is 2.51. The summed E-state index contributed by atoms with van der Waals surface area (Å²) in [6, 6.07) is 3.30. The van der Waals surface area contributed by atoms with Crippen LogP contribution in [0.4, 0.5) is 0 Å². The minimum absolute atomic E-state index is 0.125. The third-order valence-corrected chi connectivity index (χ3v) is 6.97. The Kier molecular flexibility index (Phi) is 3.17. The van der Waals surface area contributed by atoms with E-state index in [1.54, 1.807) is 12.1 Å². The van der Waals surface area contributed by atoms with Crippen LogP contribution >= 0.6 is 11.3 Å². The first-order chi connectivity index (χ1) is 8.95. The topological polar surface area (TPSA) is 63.2 Å². The van der Waals surface area contributed by atoms with Crippen molar-refractivity contribution in [1.29, 1.82) is 0 Å². The van der Waals surface area contributed by atoms with Gasteiger partial charge in [-0.3, -0.25) is 4.79 Å². The third kappa shape index (κ3) is 2.69. The number of hydrogen-bond donors (Lipinski definition) is 1. The van der Waals surface area contributed by atoms with E-state index >= 15 is 0 Å². The summed E-state index contributed by atoms with van der Waals surface area (Å²) in [5.41, 5.74) is 0. The fourth-order valence-corrected chi connectivity index (χ4v) is 5.24. The van der Waals surface area contributed by atoms with E-state index in [-0.39, 0.29) is 16.0 Å². The third-order valence-electron chi connectivity index (χ3n) is 4.13. The standard InChI is InChI=1S/C13H17NO3S2/c1-8-2-5-12(18-8)19(16,17)14-13(15)10-4-3-9-6-11(9)7-10/h2,5,9-11H,3-4,6-7H2,1H3,(H,14,15). The zero-order chi connectivity index (χ0) is 13.6. The number of fused-ring (bicyclic) bond motifs is 1. The summed E-state index contributed by atoms with van der Waals surface area (Å²) in [5, 5.41) is 0. The molecule has 2 saturated carbocycles. The van der Waals surface area contributed by atoms with Gasteiger partial charge in [-0.2, -0.15) is 0 Å². The molecule has 1 heterocycles. The van der Waals surface area contributed by atoms with E-state index in [1.807, 2.05) is 6.92 Å². The predicted molar refractivity (Wildman–Crippen MR) is 73.3 cm³/mol. The number of carbonyl (C=O) groups excluding carboxylic acids is 1.